The number of benzene rings is 3. The standard InChI is InChI=1S/C37H44N2O7S/c1-24(39-47(42)37(6,7)8)33-21-30-19-27(23-44-32-15-10-9-13-28(32)16-17-43-25(2)40)20-31(34(30)45-33)29-14-11-12-26(18-29)22-38-35(41)46-36(3,4)5/h9-15,18-21H,16-17,22-23H2,1-8H3,(H,38,41). The maximum atomic E-state index is 12.8. The molecule has 1 atom stereocenters. The van der Waals surface area contributed by atoms with Gasteiger partial charge in [0.25, 0.3) is 0 Å². The second-order valence-electron chi connectivity index (χ2n) is 13.3. The van der Waals surface area contributed by atoms with Crippen LogP contribution in [0.1, 0.15) is 77.8 Å². The minimum atomic E-state index is -1.45. The highest BCUT2D eigenvalue weighted by Gasteiger charge is 2.27. The molecule has 4 rings (SSSR count). The summed E-state index contributed by atoms with van der Waals surface area (Å²) >= 11 is -1.45. The lowest BCUT2D eigenvalue weighted by Gasteiger charge is -2.19. The van der Waals surface area contributed by atoms with E-state index in [0.29, 0.717) is 29.2 Å². The van der Waals surface area contributed by atoms with E-state index in [0.717, 1.165) is 33.2 Å². The monoisotopic (exact) mass is 660 g/mol. The van der Waals surface area contributed by atoms with Crippen molar-refractivity contribution in [1.82, 2.24) is 5.32 Å². The van der Waals surface area contributed by atoms with E-state index in [2.05, 4.69) is 9.71 Å². The molecule has 0 saturated carbocycles. The van der Waals surface area contributed by atoms with E-state index in [1.807, 2.05) is 108 Å². The fourth-order valence-electron chi connectivity index (χ4n) is 4.65. The number of rotatable bonds is 11. The number of fused-ring (bicyclic) bond motifs is 1. The molecule has 47 heavy (non-hydrogen) atoms. The molecular formula is C37H44N2O7S. The molecule has 4 aromatic rings. The molecule has 1 unspecified atom stereocenters. The van der Waals surface area contributed by atoms with Gasteiger partial charge in [0.05, 0.1) is 6.61 Å². The van der Waals surface area contributed by atoms with Gasteiger partial charge in [0.15, 0.2) is 5.76 Å². The van der Waals surface area contributed by atoms with Gasteiger partial charge in [-0.15, -0.1) is 0 Å². The predicted molar refractivity (Wildman–Crippen MR) is 186 cm³/mol. The molecule has 1 heterocycles. The molecule has 0 aliphatic heterocycles. The van der Waals surface area contributed by atoms with Crippen molar-refractivity contribution in [3.05, 3.63) is 89.2 Å². The molecule has 0 spiro atoms. The molecule has 10 heteroatoms. The van der Waals surface area contributed by atoms with Gasteiger partial charge in [-0.05, 0) is 101 Å². The molecule has 0 aliphatic carbocycles. The molecule has 3 aromatic carbocycles. The predicted octanol–water partition coefficient (Wildman–Crippen LogP) is 8.08. The van der Waals surface area contributed by atoms with Crippen LogP contribution in [0.3, 0.4) is 0 Å². The highest BCUT2D eigenvalue weighted by Crippen LogP contribution is 2.34. The van der Waals surface area contributed by atoms with Gasteiger partial charge in [0.2, 0.25) is 0 Å². The number of carbonyl (C=O) groups is 2. The number of alkyl carbamates (subject to hydrolysis) is 1. The van der Waals surface area contributed by atoms with E-state index in [9.17, 15) is 14.1 Å². The number of amides is 1. The Morgan fingerprint density at radius 3 is 2.38 bits per heavy atom. The molecule has 1 N–H and O–H groups in total. The van der Waals surface area contributed by atoms with Crippen LogP contribution in [0.25, 0.3) is 22.1 Å². The van der Waals surface area contributed by atoms with Crippen LogP contribution in [0.4, 0.5) is 4.79 Å². The lowest BCUT2D eigenvalue weighted by molar-refractivity contribution is -0.140. The third-order valence-electron chi connectivity index (χ3n) is 6.89. The van der Waals surface area contributed by atoms with Gasteiger partial charge in [0.1, 0.15) is 45.4 Å². The van der Waals surface area contributed by atoms with Crippen LogP contribution in [0.2, 0.25) is 0 Å². The lowest BCUT2D eigenvalue weighted by atomic mass is 9.99. The topological polar surface area (TPSA) is 122 Å². The first-order valence-electron chi connectivity index (χ1n) is 15.5. The van der Waals surface area contributed by atoms with Crippen molar-refractivity contribution in [3.8, 4) is 16.9 Å². The van der Waals surface area contributed by atoms with Gasteiger partial charge in [-0.25, -0.2) is 4.79 Å². The molecule has 0 bridgehead atoms. The fourth-order valence-corrected chi connectivity index (χ4v) is 5.26. The number of furan rings is 1. The van der Waals surface area contributed by atoms with Crippen molar-refractivity contribution in [2.24, 2.45) is 4.40 Å². The Balaban J connectivity index is 1.69. The van der Waals surface area contributed by atoms with Gasteiger partial charge >= 0.3 is 12.1 Å². The molecule has 250 valence electrons. The van der Waals surface area contributed by atoms with Crippen LogP contribution < -0.4 is 10.1 Å². The van der Waals surface area contributed by atoms with Crippen LogP contribution in [0.15, 0.2) is 75.5 Å². The maximum Gasteiger partial charge on any atom is 0.407 e. The fraction of sp³-hybridized carbons (Fsp3) is 0.378. The zero-order valence-corrected chi connectivity index (χ0v) is 29.2. The van der Waals surface area contributed by atoms with Gasteiger partial charge in [0, 0.05) is 30.8 Å². The Morgan fingerprint density at radius 2 is 1.68 bits per heavy atom. The number of ether oxygens (including phenoxy) is 3. The second-order valence-corrected chi connectivity index (χ2v) is 15.2. The number of carbonyl (C=O) groups excluding carboxylic acids is 2. The largest absolute Gasteiger partial charge is 0.591 e. The first-order valence-corrected chi connectivity index (χ1v) is 16.6. The molecule has 0 radical (unpaired) electrons. The summed E-state index contributed by atoms with van der Waals surface area (Å²) in [4.78, 5) is 23.6. The molecule has 1 amide bonds. The zero-order valence-electron chi connectivity index (χ0n) is 28.4. The molecule has 0 fully saturated rings. The Hall–Kier alpha value is -4.28. The number of esters is 1. The first kappa shape index (κ1) is 35.6. The summed E-state index contributed by atoms with van der Waals surface area (Å²) in [5, 5.41) is 3.66. The van der Waals surface area contributed by atoms with Gasteiger partial charge < -0.3 is 28.5 Å². The SMILES string of the molecule is CC(=O)OCCc1ccccc1OCc1cc(-c2cccc(CNC(=O)OC(C)(C)C)c2)c2oc(C(C)=N[S+]([O-])C(C)(C)C)cc2c1. The summed E-state index contributed by atoms with van der Waals surface area (Å²) in [5.41, 5.74) is 5.03. The van der Waals surface area contributed by atoms with Crippen LogP contribution in [0, 0.1) is 0 Å². The first-order chi connectivity index (χ1) is 22.1. The third kappa shape index (κ3) is 10.4. The van der Waals surface area contributed by atoms with E-state index in [1.165, 1.54) is 6.92 Å². The van der Waals surface area contributed by atoms with Crippen molar-refractivity contribution in [2.75, 3.05) is 6.61 Å². The summed E-state index contributed by atoms with van der Waals surface area (Å²) in [6.07, 6.45) is 0.0414. The summed E-state index contributed by atoms with van der Waals surface area (Å²) < 4.78 is 39.9. The summed E-state index contributed by atoms with van der Waals surface area (Å²) in [5.74, 6) is 0.908. The Morgan fingerprint density at radius 1 is 0.936 bits per heavy atom. The van der Waals surface area contributed by atoms with Gasteiger partial charge in [-0.2, -0.15) is 0 Å². The van der Waals surface area contributed by atoms with Crippen LogP contribution in [0.5, 0.6) is 5.75 Å². The average Bonchev–Trinajstić information content (AvgIpc) is 3.42. The molecular weight excluding hydrogens is 616 g/mol. The Labute approximate surface area is 280 Å². The summed E-state index contributed by atoms with van der Waals surface area (Å²) in [6.45, 7) is 15.1. The number of hydrogen-bond acceptors (Lipinski definition) is 8. The molecule has 9 nitrogen and oxygen atoms in total. The van der Waals surface area contributed by atoms with Crippen molar-refractivity contribution < 1.29 is 32.8 Å². The number of hydrogen-bond donors (Lipinski definition) is 1. The van der Waals surface area contributed by atoms with E-state index in [1.54, 1.807) is 6.92 Å². The maximum absolute atomic E-state index is 12.8. The highest BCUT2D eigenvalue weighted by molar-refractivity contribution is 7.91. The average molecular weight is 661 g/mol. The third-order valence-corrected chi connectivity index (χ3v) is 8.38. The van der Waals surface area contributed by atoms with Crippen LogP contribution in [-0.4, -0.2) is 39.3 Å². The molecule has 0 aliphatic rings. The van der Waals surface area contributed by atoms with Gasteiger partial charge in [-0.3, -0.25) is 4.79 Å². The second kappa shape index (κ2) is 15.1. The van der Waals surface area contributed by atoms with Crippen molar-refractivity contribution in [3.63, 3.8) is 0 Å². The van der Waals surface area contributed by atoms with Crippen molar-refractivity contribution in [2.45, 2.75) is 85.3 Å². The smallest absolute Gasteiger partial charge is 0.407 e. The highest BCUT2D eigenvalue weighted by atomic mass is 32.2. The lowest BCUT2D eigenvalue weighted by Crippen LogP contribution is -2.32. The summed E-state index contributed by atoms with van der Waals surface area (Å²) in [7, 11) is 0. The minimum Gasteiger partial charge on any atom is -0.591 e. The van der Waals surface area contributed by atoms with E-state index in [-0.39, 0.29) is 25.7 Å². The minimum absolute atomic E-state index is 0.268. The van der Waals surface area contributed by atoms with E-state index < -0.39 is 27.8 Å². The van der Waals surface area contributed by atoms with Crippen LogP contribution in [-0.2, 0) is 45.2 Å². The van der Waals surface area contributed by atoms with Gasteiger partial charge in [-0.1, -0.05) is 40.8 Å². The number of nitrogens with zero attached hydrogens (tertiary/aromatic N) is 1. The molecule has 0 saturated heterocycles. The Kier molecular flexibility index (Phi) is 11.4. The Bertz CT molecular complexity index is 1750. The quantitative estimate of drug-likeness (QED) is 0.0980. The van der Waals surface area contributed by atoms with E-state index >= 15 is 0 Å². The number of nitrogens with one attached hydrogen (secondary N) is 1. The molecule has 1 aromatic heterocycles. The summed E-state index contributed by atoms with van der Waals surface area (Å²) in [6, 6.07) is 21.5. The number of para-hydroxylation sites is 1. The van der Waals surface area contributed by atoms with Crippen molar-refractivity contribution >= 4 is 40.1 Å². The normalized spacial score (nSPS) is 12.9. The van der Waals surface area contributed by atoms with E-state index in [4.69, 9.17) is 18.6 Å². The van der Waals surface area contributed by atoms with Crippen LogP contribution >= 0.6 is 0 Å². The van der Waals surface area contributed by atoms with Crippen molar-refractivity contribution in [1.29, 1.82) is 0 Å². The zero-order chi connectivity index (χ0) is 34.4.